The Bertz CT molecular complexity index is 1270. The van der Waals surface area contributed by atoms with Crippen molar-refractivity contribution in [3.05, 3.63) is 65.5 Å². The molecule has 1 aliphatic carbocycles. The highest BCUT2D eigenvalue weighted by Gasteiger charge is 2.61. The van der Waals surface area contributed by atoms with Gasteiger partial charge in [-0.05, 0) is 28.8 Å². The lowest BCUT2D eigenvalue weighted by Crippen LogP contribution is -2.55. The Morgan fingerprint density at radius 3 is 2.59 bits per heavy atom. The zero-order valence-corrected chi connectivity index (χ0v) is 18.2. The Labute approximate surface area is 193 Å². The highest BCUT2D eigenvalue weighted by Crippen LogP contribution is 2.57. The van der Waals surface area contributed by atoms with Gasteiger partial charge < -0.3 is 19.8 Å². The summed E-state index contributed by atoms with van der Waals surface area (Å²) in [6.07, 6.45) is -2.08. The number of rotatable bonds is 5. The normalized spacial score (nSPS) is 19.6. The molecule has 1 atom stereocenters. The number of aromatic nitrogens is 2. The predicted molar refractivity (Wildman–Crippen MR) is 116 cm³/mol. The van der Waals surface area contributed by atoms with Crippen molar-refractivity contribution in [3.8, 4) is 22.3 Å². The lowest BCUT2D eigenvalue weighted by Gasteiger charge is -2.39. The highest BCUT2D eigenvalue weighted by molar-refractivity contribution is 6.01. The van der Waals surface area contributed by atoms with Crippen LogP contribution >= 0.6 is 0 Å². The smallest absolute Gasteiger partial charge is 0.394 e. The van der Waals surface area contributed by atoms with Crippen molar-refractivity contribution in [2.75, 3.05) is 26.3 Å². The minimum Gasteiger partial charge on any atom is -0.394 e. The predicted octanol–water partition coefficient (Wildman–Crippen LogP) is 2.70. The molecule has 0 saturated carbocycles. The lowest BCUT2D eigenvalue weighted by atomic mass is 9.87. The number of carbonyl (C=O) groups excluding carboxylic acids is 1. The van der Waals surface area contributed by atoms with E-state index in [1.54, 1.807) is 25.4 Å². The third-order valence-corrected chi connectivity index (χ3v) is 6.37. The fraction of sp³-hybridized carbons (Fsp3) is 0.333. The van der Waals surface area contributed by atoms with Crippen LogP contribution in [0.1, 0.15) is 21.5 Å². The fourth-order valence-corrected chi connectivity index (χ4v) is 4.71. The molecule has 2 N–H and O–H groups in total. The number of aryl methyl sites for hydroxylation is 1. The maximum Gasteiger partial charge on any atom is 0.425 e. The van der Waals surface area contributed by atoms with Crippen LogP contribution in [0.15, 0.2) is 48.8 Å². The molecule has 2 aliphatic rings. The number of amides is 1. The molecule has 5 rings (SSSR count). The van der Waals surface area contributed by atoms with Crippen molar-refractivity contribution in [1.82, 2.24) is 14.7 Å². The quantitative estimate of drug-likeness (QED) is 0.595. The Morgan fingerprint density at radius 2 is 1.94 bits per heavy atom. The zero-order valence-electron chi connectivity index (χ0n) is 18.2. The van der Waals surface area contributed by atoms with Crippen LogP contribution in [-0.4, -0.2) is 69.4 Å². The van der Waals surface area contributed by atoms with E-state index in [2.05, 4.69) is 5.10 Å². The first-order valence-electron chi connectivity index (χ1n) is 10.7. The van der Waals surface area contributed by atoms with Crippen LogP contribution in [0.25, 0.3) is 22.3 Å². The topological polar surface area (TPSA) is 87.8 Å². The Balaban J connectivity index is 1.66. The summed E-state index contributed by atoms with van der Waals surface area (Å²) >= 11 is 0. The van der Waals surface area contributed by atoms with E-state index in [0.717, 1.165) is 6.07 Å². The van der Waals surface area contributed by atoms with Gasteiger partial charge in [-0.15, -0.1) is 0 Å². The number of hydrogen-bond donors (Lipinski definition) is 2. The SMILES string of the molecule is Cn1cc(-c2cc(C(=O)N3CC(OCCO)C3)cc3c2-c2ccccc2C3(O)C(F)(F)F)cn1. The summed E-state index contributed by atoms with van der Waals surface area (Å²) in [4.78, 5) is 14.7. The van der Waals surface area contributed by atoms with Crippen LogP contribution < -0.4 is 0 Å². The van der Waals surface area contributed by atoms with E-state index in [1.165, 1.54) is 34.0 Å². The second kappa shape index (κ2) is 7.93. The summed E-state index contributed by atoms with van der Waals surface area (Å²) in [6, 6.07) is 8.56. The minimum atomic E-state index is -5.01. The van der Waals surface area contributed by atoms with Crippen LogP contribution in [0.3, 0.4) is 0 Å². The highest BCUT2D eigenvalue weighted by atomic mass is 19.4. The van der Waals surface area contributed by atoms with Crippen molar-refractivity contribution < 1.29 is 32.9 Å². The van der Waals surface area contributed by atoms with Gasteiger partial charge in [0.1, 0.15) is 0 Å². The number of alkyl halides is 3. The Morgan fingerprint density at radius 1 is 1.21 bits per heavy atom. The maximum absolute atomic E-state index is 14.4. The van der Waals surface area contributed by atoms with Gasteiger partial charge >= 0.3 is 6.18 Å². The van der Waals surface area contributed by atoms with E-state index in [0.29, 0.717) is 11.1 Å². The molecule has 1 fully saturated rings. The monoisotopic (exact) mass is 473 g/mol. The van der Waals surface area contributed by atoms with Crippen LogP contribution in [0.2, 0.25) is 0 Å². The van der Waals surface area contributed by atoms with Crippen molar-refractivity contribution in [3.63, 3.8) is 0 Å². The molecule has 7 nitrogen and oxygen atoms in total. The maximum atomic E-state index is 14.4. The second-order valence-electron chi connectivity index (χ2n) is 8.53. The van der Waals surface area contributed by atoms with E-state index in [9.17, 15) is 23.1 Å². The number of aliphatic hydroxyl groups is 2. The Hall–Kier alpha value is -3.21. The third-order valence-electron chi connectivity index (χ3n) is 6.37. The zero-order chi connectivity index (χ0) is 24.3. The van der Waals surface area contributed by atoms with Gasteiger partial charge in [-0.2, -0.15) is 18.3 Å². The van der Waals surface area contributed by atoms with E-state index in [4.69, 9.17) is 9.84 Å². The number of hydrogen-bond acceptors (Lipinski definition) is 5. The molecule has 1 unspecified atom stereocenters. The van der Waals surface area contributed by atoms with E-state index in [1.807, 2.05) is 0 Å². The van der Waals surface area contributed by atoms with E-state index in [-0.39, 0.29) is 60.2 Å². The number of benzene rings is 2. The van der Waals surface area contributed by atoms with Gasteiger partial charge in [0.05, 0.1) is 25.5 Å². The average Bonchev–Trinajstić information content (AvgIpc) is 3.32. The van der Waals surface area contributed by atoms with Crippen molar-refractivity contribution in [1.29, 1.82) is 0 Å². The molecule has 34 heavy (non-hydrogen) atoms. The lowest BCUT2D eigenvalue weighted by molar-refractivity contribution is -0.246. The molecule has 1 saturated heterocycles. The summed E-state index contributed by atoms with van der Waals surface area (Å²) in [5.74, 6) is -0.461. The molecule has 0 radical (unpaired) electrons. The minimum absolute atomic E-state index is 0.0358. The molecular formula is C24H22F3N3O4. The molecule has 3 aromatic rings. The summed E-state index contributed by atoms with van der Waals surface area (Å²) in [5, 5.41) is 24.2. The Kier molecular flexibility index (Phi) is 5.27. The molecule has 0 spiro atoms. The summed E-state index contributed by atoms with van der Waals surface area (Å²) in [6.45, 7) is 0.539. The van der Waals surface area contributed by atoms with Crippen molar-refractivity contribution in [2.45, 2.75) is 17.9 Å². The largest absolute Gasteiger partial charge is 0.425 e. The van der Waals surface area contributed by atoms with Gasteiger partial charge in [0.25, 0.3) is 5.91 Å². The molecule has 1 aliphatic heterocycles. The van der Waals surface area contributed by atoms with Crippen LogP contribution in [0.4, 0.5) is 13.2 Å². The molecular weight excluding hydrogens is 451 g/mol. The molecule has 0 bridgehead atoms. The van der Waals surface area contributed by atoms with Gasteiger partial charge in [-0.25, -0.2) is 0 Å². The molecule has 178 valence electrons. The van der Waals surface area contributed by atoms with Crippen molar-refractivity contribution in [2.24, 2.45) is 7.05 Å². The van der Waals surface area contributed by atoms with Crippen LogP contribution in [0, 0.1) is 0 Å². The molecule has 10 heteroatoms. The third kappa shape index (κ3) is 3.32. The van der Waals surface area contributed by atoms with Gasteiger partial charge in [-0.1, -0.05) is 24.3 Å². The number of aliphatic hydroxyl groups excluding tert-OH is 1. The van der Waals surface area contributed by atoms with Gasteiger partial charge in [0, 0.05) is 48.6 Å². The molecule has 1 amide bonds. The van der Waals surface area contributed by atoms with E-state index >= 15 is 0 Å². The van der Waals surface area contributed by atoms with Gasteiger partial charge in [0.15, 0.2) is 0 Å². The number of halogens is 3. The first-order valence-corrected chi connectivity index (χ1v) is 10.7. The van der Waals surface area contributed by atoms with Crippen LogP contribution in [0.5, 0.6) is 0 Å². The number of fused-ring (bicyclic) bond motifs is 3. The van der Waals surface area contributed by atoms with Gasteiger partial charge in [0.2, 0.25) is 5.60 Å². The first-order chi connectivity index (χ1) is 16.1. The summed E-state index contributed by atoms with van der Waals surface area (Å²) in [5.41, 5.74) is -2.46. The first kappa shape index (κ1) is 22.6. The fourth-order valence-electron chi connectivity index (χ4n) is 4.71. The number of ether oxygens (including phenoxy) is 1. The standard InChI is InChI=1S/C24H22F3N3O4/c1-29-11-15(10-28-29)18-8-14(22(32)30-12-16(13-30)34-7-6-31)9-20-21(18)17-4-2-3-5-19(17)23(20,33)24(25,26)27/h2-5,8-11,16,31,33H,6-7,12-13H2,1H3. The number of carbonyl (C=O) groups is 1. The van der Waals surface area contributed by atoms with Crippen molar-refractivity contribution >= 4 is 5.91 Å². The molecule has 2 aromatic carbocycles. The number of likely N-dealkylation sites (tertiary alicyclic amines) is 1. The number of nitrogens with zero attached hydrogens (tertiary/aromatic N) is 3. The second-order valence-corrected chi connectivity index (χ2v) is 8.53. The van der Waals surface area contributed by atoms with E-state index < -0.39 is 17.7 Å². The average molecular weight is 473 g/mol. The molecule has 1 aromatic heterocycles. The van der Waals surface area contributed by atoms with Gasteiger partial charge in [-0.3, -0.25) is 9.48 Å². The van der Waals surface area contributed by atoms with Crippen LogP contribution in [-0.2, 0) is 17.4 Å². The summed E-state index contributed by atoms with van der Waals surface area (Å²) < 4.78 is 50.0. The molecule has 2 heterocycles. The summed E-state index contributed by atoms with van der Waals surface area (Å²) in [7, 11) is 1.69.